The summed E-state index contributed by atoms with van der Waals surface area (Å²) in [7, 11) is -2.00. The number of hydrogen-bond donors (Lipinski definition) is 1. The number of rotatable bonds is 6. The standard InChI is InChI=1S/C17H23N5O4S2/c1-12-19-15(10-16(20-12)26-3)21-6-8-22(9-7-21)28(24,25)17-5-4-14(27-17)11-18-13(2)23/h4-5,10H,6-9,11H2,1-3H3,(H,18,23). The van der Waals surface area contributed by atoms with Crippen molar-refractivity contribution in [3.8, 4) is 5.88 Å². The lowest BCUT2D eigenvalue weighted by Crippen LogP contribution is -2.48. The highest BCUT2D eigenvalue weighted by Gasteiger charge is 2.30. The Morgan fingerprint density at radius 1 is 1.25 bits per heavy atom. The number of aryl methyl sites for hydroxylation is 1. The molecule has 28 heavy (non-hydrogen) atoms. The van der Waals surface area contributed by atoms with Gasteiger partial charge in [-0.1, -0.05) is 0 Å². The van der Waals surface area contributed by atoms with Crippen LogP contribution < -0.4 is 15.0 Å². The lowest BCUT2D eigenvalue weighted by molar-refractivity contribution is -0.119. The van der Waals surface area contributed by atoms with E-state index in [2.05, 4.69) is 15.3 Å². The van der Waals surface area contributed by atoms with Gasteiger partial charge in [0.25, 0.3) is 10.0 Å². The van der Waals surface area contributed by atoms with Crippen molar-refractivity contribution < 1.29 is 17.9 Å². The fourth-order valence-corrected chi connectivity index (χ4v) is 5.75. The van der Waals surface area contributed by atoms with Crippen molar-refractivity contribution in [2.24, 2.45) is 0 Å². The fraction of sp³-hybridized carbons (Fsp3) is 0.471. The van der Waals surface area contributed by atoms with Crippen LogP contribution in [0.2, 0.25) is 0 Å². The van der Waals surface area contributed by atoms with Crippen LogP contribution in [0.25, 0.3) is 0 Å². The van der Waals surface area contributed by atoms with Crippen molar-refractivity contribution in [2.45, 2.75) is 24.6 Å². The molecule has 3 rings (SSSR count). The highest BCUT2D eigenvalue weighted by Crippen LogP contribution is 2.27. The Bertz CT molecular complexity index is 952. The molecule has 9 nitrogen and oxygen atoms in total. The molecule has 0 radical (unpaired) electrons. The van der Waals surface area contributed by atoms with Crippen molar-refractivity contribution in [1.29, 1.82) is 0 Å². The average Bonchev–Trinajstić information content (AvgIpc) is 3.16. The maximum Gasteiger partial charge on any atom is 0.252 e. The Hall–Kier alpha value is -2.24. The molecule has 11 heteroatoms. The van der Waals surface area contributed by atoms with Gasteiger partial charge in [0.2, 0.25) is 11.8 Å². The second kappa shape index (κ2) is 8.41. The number of aromatic nitrogens is 2. The summed E-state index contributed by atoms with van der Waals surface area (Å²) in [6, 6.07) is 5.09. The van der Waals surface area contributed by atoms with Crippen LogP contribution in [0.3, 0.4) is 0 Å². The van der Waals surface area contributed by atoms with Gasteiger partial charge in [-0.2, -0.15) is 9.29 Å². The molecule has 0 atom stereocenters. The SMILES string of the molecule is COc1cc(N2CCN(S(=O)(=O)c3ccc(CNC(C)=O)s3)CC2)nc(C)n1. The number of nitrogens with one attached hydrogen (secondary N) is 1. The second-order valence-electron chi connectivity index (χ2n) is 6.34. The van der Waals surface area contributed by atoms with Gasteiger partial charge < -0.3 is 15.0 Å². The van der Waals surface area contributed by atoms with Crippen molar-refractivity contribution in [3.05, 3.63) is 28.9 Å². The number of amides is 1. The molecular formula is C17H23N5O4S2. The summed E-state index contributed by atoms with van der Waals surface area (Å²) in [5, 5.41) is 2.68. The molecule has 1 fully saturated rings. The molecule has 0 aliphatic carbocycles. The molecule has 1 amide bonds. The molecule has 0 spiro atoms. The Kier molecular flexibility index (Phi) is 6.16. The van der Waals surface area contributed by atoms with E-state index < -0.39 is 10.0 Å². The highest BCUT2D eigenvalue weighted by molar-refractivity contribution is 7.91. The van der Waals surface area contributed by atoms with Gasteiger partial charge in [-0.3, -0.25) is 4.79 Å². The van der Waals surface area contributed by atoms with Gasteiger partial charge in [0.05, 0.1) is 13.7 Å². The van der Waals surface area contributed by atoms with Crippen LogP contribution in [0.1, 0.15) is 17.6 Å². The normalized spacial score (nSPS) is 15.5. The van der Waals surface area contributed by atoms with Gasteiger partial charge in [-0.15, -0.1) is 11.3 Å². The maximum atomic E-state index is 12.9. The van der Waals surface area contributed by atoms with Crippen molar-refractivity contribution in [3.63, 3.8) is 0 Å². The van der Waals surface area contributed by atoms with Crippen LogP contribution in [-0.4, -0.2) is 61.9 Å². The fourth-order valence-electron chi connectivity index (χ4n) is 2.88. The summed E-state index contributed by atoms with van der Waals surface area (Å²) >= 11 is 1.18. The van der Waals surface area contributed by atoms with Crippen molar-refractivity contribution in [1.82, 2.24) is 19.6 Å². The van der Waals surface area contributed by atoms with Crippen LogP contribution in [0.15, 0.2) is 22.4 Å². The zero-order chi connectivity index (χ0) is 20.3. The summed E-state index contributed by atoms with van der Waals surface area (Å²) < 4.78 is 32.8. The van der Waals surface area contributed by atoms with Gasteiger partial charge in [0, 0.05) is 44.0 Å². The summed E-state index contributed by atoms with van der Waals surface area (Å²) in [5.41, 5.74) is 0. The number of ether oxygens (including phenoxy) is 1. The number of hydrogen-bond acceptors (Lipinski definition) is 8. The first kappa shape index (κ1) is 20.5. The smallest absolute Gasteiger partial charge is 0.252 e. The van der Waals surface area contributed by atoms with Crippen molar-refractivity contribution in [2.75, 3.05) is 38.2 Å². The lowest BCUT2D eigenvalue weighted by Gasteiger charge is -2.34. The third-order valence-electron chi connectivity index (χ3n) is 4.32. The van der Waals surface area contributed by atoms with E-state index in [9.17, 15) is 13.2 Å². The number of carbonyl (C=O) groups is 1. The average molecular weight is 426 g/mol. The number of anilines is 1. The van der Waals surface area contributed by atoms with Gasteiger partial charge in [0.1, 0.15) is 15.9 Å². The topological polar surface area (TPSA) is 105 Å². The van der Waals surface area contributed by atoms with Crippen LogP contribution in [-0.2, 0) is 21.4 Å². The Labute approximate surface area is 168 Å². The molecule has 0 bridgehead atoms. The largest absolute Gasteiger partial charge is 0.481 e. The summed E-state index contributed by atoms with van der Waals surface area (Å²) in [6.45, 7) is 5.35. The third kappa shape index (κ3) is 4.59. The summed E-state index contributed by atoms with van der Waals surface area (Å²) in [5.74, 6) is 1.68. The van der Waals surface area contributed by atoms with Gasteiger partial charge >= 0.3 is 0 Å². The molecular weight excluding hydrogens is 402 g/mol. The van der Waals surface area contributed by atoms with Crippen molar-refractivity contribution >= 4 is 33.1 Å². The van der Waals surface area contributed by atoms with Crippen LogP contribution in [0.4, 0.5) is 5.82 Å². The number of nitrogens with zero attached hydrogens (tertiary/aromatic N) is 4. The molecule has 152 valence electrons. The molecule has 2 aromatic rings. The first-order chi connectivity index (χ1) is 13.3. The Balaban J connectivity index is 1.67. The monoisotopic (exact) mass is 425 g/mol. The minimum Gasteiger partial charge on any atom is -0.481 e. The molecule has 1 aliphatic rings. The minimum atomic E-state index is -3.55. The van der Waals surface area contributed by atoms with Crippen LogP contribution >= 0.6 is 11.3 Å². The van der Waals surface area contributed by atoms with Gasteiger partial charge in [-0.25, -0.2) is 13.4 Å². The number of sulfonamides is 1. The predicted molar refractivity (Wildman–Crippen MR) is 106 cm³/mol. The van der Waals surface area contributed by atoms with Gasteiger partial charge in [0.15, 0.2) is 0 Å². The first-order valence-electron chi connectivity index (χ1n) is 8.77. The quantitative estimate of drug-likeness (QED) is 0.736. The van der Waals surface area contributed by atoms with E-state index in [4.69, 9.17) is 4.74 Å². The zero-order valence-corrected chi connectivity index (χ0v) is 17.6. The number of carbonyl (C=O) groups excluding carboxylic acids is 1. The molecule has 1 N–H and O–H groups in total. The Morgan fingerprint density at radius 3 is 2.61 bits per heavy atom. The van der Waals surface area contributed by atoms with Crippen LogP contribution in [0, 0.1) is 6.92 Å². The second-order valence-corrected chi connectivity index (χ2v) is 9.67. The predicted octanol–water partition coefficient (Wildman–Crippen LogP) is 1.00. The highest BCUT2D eigenvalue weighted by atomic mass is 32.2. The summed E-state index contributed by atoms with van der Waals surface area (Å²) in [4.78, 5) is 22.5. The molecule has 0 saturated carbocycles. The van der Waals surface area contributed by atoms with E-state index in [1.165, 1.54) is 22.6 Å². The minimum absolute atomic E-state index is 0.148. The van der Waals surface area contributed by atoms with E-state index in [-0.39, 0.29) is 5.91 Å². The molecule has 0 unspecified atom stereocenters. The van der Waals surface area contributed by atoms with E-state index in [1.807, 2.05) is 4.90 Å². The molecule has 2 aromatic heterocycles. The first-order valence-corrected chi connectivity index (χ1v) is 11.0. The zero-order valence-electron chi connectivity index (χ0n) is 16.0. The molecule has 1 aliphatic heterocycles. The molecule has 1 saturated heterocycles. The number of methoxy groups -OCH3 is 1. The molecule has 3 heterocycles. The lowest BCUT2D eigenvalue weighted by atomic mass is 10.3. The van der Waals surface area contributed by atoms with E-state index in [1.54, 1.807) is 32.2 Å². The number of piperazine rings is 1. The molecule has 0 aromatic carbocycles. The summed E-state index contributed by atoms with van der Waals surface area (Å²) in [6.07, 6.45) is 0. The number of thiophene rings is 1. The van der Waals surface area contributed by atoms with E-state index >= 15 is 0 Å². The van der Waals surface area contributed by atoms with E-state index in [0.29, 0.717) is 48.6 Å². The van der Waals surface area contributed by atoms with Gasteiger partial charge in [-0.05, 0) is 19.1 Å². The third-order valence-corrected chi connectivity index (χ3v) is 7.77. The van der Waals surface area contributed by atoms with E-state index in [0.717, 1.165) is 10.7 Å². The maximum absolute atomic E-state index is 12.9. The Morgan fingerprint density at radius 2 is 1.96 bits per heavy atom. The van der Waals surface area contributed by atoms with Crippen LogP contribution in [0.5, 0.6) is 5.88 Å².